The molecule has 4 aromatic rings. The number of benzene rings is 2. The first-order chi connectivity index (χ1) is 16.9. The number of hydrogen-bond donors (Lipinski definition) is 1. The summed E-state index contributed by atoms with van der Waals surface area (Å²) in [5.41, 5.74) is 2.42. The molecule has 2 aromatic carbocycles. The summed E-state index contributed by atoms with van der Waals surface area (Å²) in [6.45, 7) is 4.31. The Hall–Kier alpha value is -4.33. The topological polar surface area (TPSA) is 89.6 Å². The smallest absolute Gasteiger partial charge is 0.277 e. The van der Waals surface area contributed by atoms with Gasteiger partial charge in [-0.3, -0.25) is 19.2 Å². The fraction of sp³-hybridized carbons (Fsp3) is 0.222. The van der Waals surface area contributed by atoms with Crippen LogP contribution >= 0.6 is 0 Å². The van der Waals surface area contributed by atoms with Crippen molar-refractivity contribution in [2.75, 3.05) is 12.0 Å². The molecule has 0 unspecified atom stereocenters. The van der Waals surface area contributed by atoms with Crippen molar-refractivity contribution >= 4 is 17.5 Å². The third kappa shape index (κ3) is 4.07. The van der Waals surface area contributed by atoms with Gasteiger partial charge in [0.2, 0.25) is 5.91 Å². The molecule has 8 heteroatoms. The zero-order chi connectivity index (χ0) is 24.6. The van der Waals surface area contributed by atoms with Gasteiger partial charge in [-0.1, -0.05) is 29.8 Å². The van der Waals surface area contributed by atoms with E-state index in [1.165, 1.54) is 0 Å². The Balaban J connectivity index is 1.52. The highest BCUT2D eigenvalue weighted by molar-refractivity contribution is 6.12. The number of rotatable bonds is 6. The van der Waals surface area contributed by atoms with E-state index in [0.717, 1.165) is 11.1 Å². The van der Waals surface area contributed by atoms with Gasteiger partial charge >= 0.3 is 0 Å². The number of nitrogens with zero attached hydrogens (tertiary/aromatic N) is 3. The number of amides is 2. The van der Waals surface area contributed by atoms with Gasteiger partial charge in [0.1, 0.15) is 22.7 Å². The molecule has 0 aliphatic carbocycles. The first-order valence-corrected chi connectivity index (χ1v) is 11.3. The SMILES string of the molecule is COc1ccc(N2C(=O)c3cc(-c4ccco4)nn3C[C@@]2(C)C(=O)NCc2ccc(C)cc2)cc1. The second-order valence-corrected chi connectivity index (χ2v) is 8.83. The average molecular weight is 471 g/mol. The molecular formula is C27H26N4O4. The van der Waals surface area contributed by atoms with Gasteiger partial charge in [-0.15, -0.1) is 0 Å². The number of fused-ring (bicyclic) bond motifs is 1. The van der Waals surface area contributed by atoms with Crippen LogP contribution in [0.4, 0.5) is 5.69 Å². The molecule has 3 heterocycles. The second-order valence-electron chi connectivity index (χ2n) is 8.83. The van der Waals surface area contributed by atoms with Gasteiger partial charge in [0.05, 0.1) is 19.9 Å². The maximum atomic E-state index is 13.8. The van der Waals surface area contributed by atoms with E-state index in [4.69, 9.17) is 9.15 Å². The molecule has 1 N–H and O–H groups in total. The van der Waals surface area contributed by atoms with E-state index in [9.17, 15) is 9.59 Å². The Kier molecular flexibility index (Phi) is 5.64. The van der Waals surface area contributed by atoms with Gasteiger partial charge in [0.15, 0.2) is 5.76 Å². The lowest BCUT2D eigenvalue weighted by atomic mass is 9.93. The first kappa shape index (κ1) is 22.5. The lowest BCUT2D eigenvalue weighted by Gasteiger charge is -2.43. The Morgan fingerprint density at radius 3 is 2.54 bits per heavy atom. The van der Waals surface area contributed by atoms with Gasteiger partial charge in [0, 0.05) is 18.3 Å². The van der Waals surface area contributed by atoms with Gasteiger partial charge in [0.25, 0.3) is 5.91 Å². The number of furan rings is 1. The van der Waals surface area contributed by atoms with Crippen LogP contribution in [0.3, 0.4) is 0 Å². The fourth-order valence-corrected chi connectivity index (χ4v) is 4.34. The van der Waals surface area contributed by atoms with Crippen molar-refractivity contribution in [1.82, 2.24) is 15.1 Å². The Bertz CT molecular complexity index is 1360. The maximum Gasteiger partial charge on any atom is 0.277 e. The second kappa shape index (κ2) is 8.79. The Morgan fingerprint density at radius 2 is 1.89 bits per heavy atom. The molecule has 2 amide bonds. The summed E-state index contributed by atoms with van der Waals surface area (Å²) in [6, 6.07) is 20.3. The van der Waals surface area contributed by atoms with Crippen molar-refractivity contribution in [3.05, 3.63) is 89.8 Å². The summed E-state index contributed by atoms with van der Waals surface area (Å²) >= 11 is 0. The molecule has 2 aromatic heterocycles. The lowest BCUT2D eigenvalue weighted by Crippen LogP contribution is -2.64. The molecule has 0 fully saturated rings. The third-order valence-electron chi connectivity index (χ3n) is 6.32. The highest BCUT2D eigenvalue weighted by Gasteiger charge is 2.49. The molecule has 8 nitrogen and oxygen atoms in total. The number of hydrogen-bond acceptors (Lipinski definition) is 5. The van der Waals surface area contributed by atoms with Crippen LogP contribution in [0, 0.1) is 6.92 Å². The molecule has 0 saturated carbocycles. The fourth-order valence-electron chi connectivity index (χ4n) is 4.34. The van der Waals surface area contributed by atoms with Gasteiger partial charge in [-0.2, -0.15) is 5.10 Å². The van der Waals surface area contributed by atoms with Crippen LogP contribution in [0.1, 0.15) is 28.5 Å². The normalized spacial score (nSPS) is 17.2. The van der Waals surface area contributed by atoms with Crippen molar-refractivity contribution in [2.24, 2.45) is 0 Å². The molecule has 0 spiro atoms. The standard InChI is InChI=1S/C27H26N4O4/c1-18-6-8-19(9-7-18)16-28-26(33)27(2)17-30-23(15-22(29-30)24-5-4-14-35-24)25(32)31(27)20-10-12-21(34-3)13-11-20/h4-15H,16-17H2,1-3H3,(H,28,33)/t27-/m0/s1. The quantitative estimate of drug-likeness (QED) is 0.456. The summed E-state index contributed by atoms with van der Waals surface area (Å²) in [6.07, 6.45) is 1.56. The minimum absolute atomic E-state index is 0.181. The number of nitrogens with one attached hydrogen (secondary N) is 1. The molecule has 178 valence electrons. The molecule has 35 heavy (non-hydrogen) atoms. The number of ether oxygens (including phenoxy) is 1. The zero-order valence-corrected chi connectivity index (χ0v) is 19.8. The summed E-state index contributed by atoms with van der Waals surface area (Å²) < 4.78 is 12.3. The van der Waals surface area contributed by atoms with Crippen LogP contribution < -0.4 is 15.0 Å². The van der Waals surface area contributed by atoms with E-state index < -0.39 is 5.54 Å². The van der Waals surface area contributed by atoms with Gasteiger partial charge in [-0.25, -0.2) is 0 Å². The van der Waals surface area contributed by atoms with E-state index >= 15 is 0 Å². The molecule has 5 rings (SSSR count). The van der Waals surface area contributed by atoms with Crippen molar-refractivity contribution in [2.45, 2.75) is 32.5 Å². The maximum absolute atomic E-state index is 13.8. The van der Waals surface area contributed by atoms with E-state index in [-0.39, 0.29) is 18.4 Å². The minimum Gasteiger partial charge on any atom is -0.497 e. The van der Waals surface area contributed by atoms with Crippen molar-refractivity contribution in [3.63, 3.8) is 0 Å². The molecule has 0 bridgehead atoms. The largest absolute Gasteiger partial charge is 0.497 e. The van der Waals surface area contributed by atoms with E-state index in [0.29, 0.717) is 35.1 Å². The van der Waals surface area contributed by atoms with Crippen molar-refractivity contribution < 1.29 is 18.7 Å². The highest BCUT2D eigenvalue weighted by Crippen LogP contribution is 2.35. The van der Waals surface area contributed by atoms with Crippen LogP contribution in [0.2, 0.25) is 0 Å². The molecule has 1 aliphatic rings. The molecule has 0 radical (unpaired) electrons. The van der Waals surface area contributed by atoms with Crippen LogP contribution in [0.15, 0.2) is 77.4 Å². The highest BCUT2D eigenvalue weighted by atomic mass is 16.5. The number of carbonyl (C=O) groups excluding carboxylic acids is 2. The minimum atomic E-state index is -1.23. The third-order valence-corrected chi connectivity index (χ3v) is 6.32. The van der Waals surface area contributed by atoms with Crippen LogP contribution in [-0.2, 0) is 17.9 Å². The van der Waals surface area contributed by atoms with E-state index in [1.807, 2.05) is 31.2 Å². The van der Waals surface area contributed by atoms with Crippen LogP contribution in [-0.4, -0.2) is 34.2 Å². The van der Waals surface area contributed by atoms with Crippen molar-refractivity contribution in [3.8, 4) is 17.2 Å². The summed E-state index contributed by atoms with van der Waals surface area (Å²) in [4.78, 5) is 29.0. The van der Waals surface area contributed by atoms with Crippen LogP contribution in [0.25, 0.3) is 11.5 Å². The number of carbonyl (C=O) groups is 2. The number of aromatic nitrogens is 2. The summed E-state index contributed by atoms with van der Waals surface area (Å²) in [5, 5.41) is 7.60. The summed E-state index contributed by atoms with van der Waals surface area (Å²) in [7, 11) is 1.58. The lowest BCUT2D eigenvalue weighted by molar-refractivity contribution is -0.126. The van der Waals surface area contributed by atoms with E-state index in [2.05, 4.69) is 10.4 Å². The molecule has 1 aliphatic heterocycles. The average Bonchev–Trinajstić information content (AvgIpc) is 3.54. The monoisotopic (exact) mass is 470 g/mol. The molecular weight excluding hydrogens is 444 g/mol. The Morgan fingerprint density at radius 1 is 1.14 bits per heavy atom. The predicted molar refractivity (Wildman–Crippen MR) is 131 cm³/mol. The van der Waals surface area contributed by atoms with Gasteiger partial charge < -0.3 is 14.5 Å². The predicted octanol–water partition coefficient (Wildman–Crippen LogP) is 4.20. The molecule has 0 saturated heterocycles. The van der Waals surface area contributed by atoms with Crippen LogP contribution in [0.5, 0.6) is 5.75 Å². The van der Waals surface area contributed by atoms with Crippen molar-refractivity contribution in [1.29, 1.82) is 0 Å². The number of methoxy groups -OCH3 is 1. The number of aryl methyl sites for hydroxylation is 1. The molecule has 1 atom stereocenters. The first-order valence-electron chi connectivity index (χ1n) is 11.3. The zero-order valence-electron chi connectivity index (χ0n) is 19.8. The number of anilines is 1. The summed E-state index contributed by atoms with van der Waals surface area (Å²) in [5.74, 6) is 0.623. The Labute approximate surface area is 203 Å². The van der Waals surface area contributed by atoms with E-state index in [1.54, 1.807) is 72.3 Å². The van der Waals surface area contributed by atoms with Gasteiger partial charge in [-0.05, 0) is 55.8 Å².